The summed E-state index contributed by atoms with van der Waals surface area (Å²) in [5.41, 5.74) is 0.708. The Morgan fingerprint density at radius 2 is 1.95 bits per heavy atom. The first-order chi connectivity index (χ1) is 9.03. The van der Waals surface area contributed by atoms with Crippen molar-refractivity contribution >= 4 is 0 Å². The van der Waals surface area contributed by atoms with Crippen LogP contribution in [0.5, 0.6) is 5.75 Å². The molecule has 0 radical (unpaired) electrons. The second-order valence-electron chi connectivity index (χ2n) is 5.11. The summed E-state index contributed by atoms with van der Waals surface area (Å²) in [7, 11) is 0. The molecule has 4 heteroatoms. The van der Waals surface area contributed by atoms with Crippen LogP contribution in [0, 0.1) is 5.92 Å². The number of aliphatic hydroxyl groups is 1. The first-order valence-electron chi connectivity index (χ1n) is 6.81. The number of halogens is 2. The molecule has 1 atom stereocenters. The Hall–Kier alpha value is -1.16. The highest BCUT2D eigenvalue weighted by Crippen LogP contribution is 2.42. The number of hydrogen-bond acceptors (Lipinski definition) is 2. The predicted octanol–water partition coefficient (Wildman–Crippen LogP) is 3.94. The lowest BCUT2D eigenvalue weighted by Crippen LogP contribution is -2.27. The molecule has 0 aromatic heterocycles. The zero-order valence-corrected chi connectivity index (χ0v) is 11.1. The molecule has 1 N–H and O–H groups in total. The molecule has 1 unspecified atom stereocenters. The van der Waals surface area contributed by atoms with Crippen molar-refractivity contribution in [3.8, 4) is 5.75 Å². The van der Waals surface area contributed by atoms with Gasteiger partial charge >= 0.3 is 0 Å². The maximum absolute atomic E-state index is 13.1. The van der Waals surface area contributed by atoms with Crippen LogP contribution in [0.4, 0.5) is 8.78 Å². The summed E-state index contributed by atoms with van der Waals surface area (Å²) in [4.78, 5) is 0. The minimum Gasteiger partial charge on any atom is -0.493 e. The van der Waals surface area contributed by atoms with Crippen molar-refractivity contribution in [2.45, 2.75) is 44.6 Å². The van der Waals surface area contributed by atoms with E-state index in [1.165, 1.54) is 0 Å². The summed E-state index contributed by atoms with van der Waals surface area (Å²) >= 11 is 0. The van der Waals surface area contributed by atoms with Crippen LogP contribution in [0.2, 0.25) is 0 Å². The lowest BCUT2D eigenvalue weighted by molar-refractivity contribution is -0.0629. The number of rotatable bonds is 4. The molecule has 0 bridgehead atoms. The van der Waals surface area contributed by atoms with Crippen molar-refractivity contribution in [3.05, 3.63) is 29.8 Å². The lowest BCUT2D eigenvalue weighted by atomic mass is 9.81. The molecule has 1 aromatic carbocycles. The Bertz CT molecular complexity index is 410. The molecule has 106 valence electrons. The van der Waals surface area contributed by atoms with Crippen LogP contribution >= 0.6 is 0 Å². The quantitative estimate of drug-likeness (QED) is 0.897. The molecule has 1 saturated carbocycles. The molecule has 1 fully saturated rings. The molecule has 0 amide bonds. The fourth-order valence-electron chi connectivity index (χ4n) is 2.64. The number of alkyl halides is 2. The van der Waals surface area contributed by atoms with Crippen molar-refractivity contribution in [2.24, 2.45) is 5.92 Å². The zero-order valence-electron chi connectivity index (χ0n) is 11.1. The first-order valence-corrected chi connectivity index (χ1v) is 6.81. The molecule has 0 spiro atoms. The van der Waals surface area contributed by atoms with Gasteiger partial charge in [0, 0.05) is 18.4 Å². The van der Waals surface area contributed by atoms with E-state index >= 15 is 0 Å². The van der Waals surface area contributed by atoms with Crippen LogP contribution in [0.3, 0.4) is 0 Å². The van der Waals surface area contributed by atoms with E-state index in [-0.39, 0.29) is 18.8 Å². The van der Waals surface area contributed by atoms with Crippen LogP contribution in [0.25, 0.3) is 0 Å². The van der Waals surface area contributed by atoms with Gasteiger partial charge in [-0.15, -0.1) is 0 Å². The average molecular weight is 270 g/mol. The van der Waals surface area contributed by atoms with Crippen LogP contribution in [-0.2, 0) is 0 Å². The summed E-state index contributed by atoms with van der Waals surface area (Å²) in [6.45, 7) is 2.40. The molecule has 19 heavy (non-hydrogen) atoms. The van der Waals surface area contributed by atoms with E-state index in [0.717, 1.165) is 0 Å². The fourth-order valence-corrected chi connectivity index (χ4v) is 2.64. The minimum absolute atomic E-state index is 0.110. The number of aliphatic hydroxyl groups excluding tert-OH is 1. The summed E-state index contributed by atoms with van der Waals surface area (Å²) in [5, 5.41) is 10.4. The summed E-state index contributed by atoms with van der Waals surface area (Å²) in [6.07, 6.45) is -0.279. The van der Waals surface area contributed by atoms with Gasteiger partial charge in [-0.25, -0.2) is 8.78 Å². The van der Waals surface area contributed by atoms with Crippen molar-refractivity contribution in [3.63, 3.8) is 0 Å². The molecule has 0 saturated heterocycles. The van der Waals surface area contributed by atoms with Gasteiger partial charge in [-0.05, 0) is 31.7 Å². The number of benzene rings is 1. The van der Waals surface area contributed by atoms with E-state index in [9.17, 15) is 13.9 Å². The highest BCUT2D eigenvalue weighted by molar-refractivity contribution is 5.35. The first kappa shape index (κ1) is 14.3. The maximum atomic E-state index is 13.1. The zero-order chi connectivity index (χ0) is 13.9. The molecule has 1 aromatic rings. The predicted molar refractivity (Wildman–Crippen MR) is 69.5 cm³/mol. The SMILES string of the molecule is CCOc1ccccc1C(O)C1CCC(F)(F)CC1. The highest BCUT2D eigenvalue weighted by atomic mass is 19.3. The van der Waals surface area contributed by atoms with Gasteiger partial charge in [0.25, 0.3) is 0 Å². The van der Waals surface area contributed by atoms with E-state index in [1.54, 1.807) is 6.07 Å². The third kappa shape index (κ3) is 3.44. The van der Waals surface area contributed by atoms with Gasteiger partial charge in [0.05, 0.1) is 12.7 Å². The smallest absolute Gasteiger partial charge is 0.248 e. The molecule has 2 nitrogen and oxygen atoms in total. The molecule has 1 aliphatic rings. The summed E-state index contributed by atoms with van der Waals surface area (Å²) in [6, 6.07) is 7.29. The van der Waals surface area contributed by atoms with Gasteiger partial charge in [0.2, 0.25) is 5.92 Å². The van der Waals surface area contributed by atoms with Crippen molar-refractivity contribution < 1.29 is 18.6 Å². The van der Waals surface area contributed by atoms with Gasteiger partial charge < -0.3 is 9.84 Å². The monoisotopic (exact) mass is 270 g/mol. The van der Waals surface area contributed by atoms with Crippen molar-refractivity contribution in [2.75, 3.05) is 6.61 Å². The molecule has 0 heterocycles. The summed E-state index contributed by atoms with van der Waals surface area (Å²) in [5.74, 6) is -2.02. The molecular weight excluding hydrogens is 250 g/mol. The molecule has 1 aliphatic carbocycles. The topological polar surface area (TPSA) is 29.5 Å². The standard InChI is InChI=1S/C15H20F2O2/c1-2-19-13-6-4-3-5-12(13)14(18)11-7-9-15(16,17)10-8-11/h3-6,11,14,18H,2,7-10H2,1H3. The molecule has 2 rings (SSSR count). The minimum atomic E-state index is -2.56. The van der Waals surface area contributed by atoms with Crippen LogP contribution in [0.15, 0.2) is 24.3 Å². The largest absolute Gasteiger partial charge is 0.493 e. The Morgan fingerprint density at radius 1 is 1.32 bits per heavy atom. The van der Waals surface area contributed by atoms with Gasteiger partial charge in [-0.2, -0.15) is 0 Å². The van der Waals surface area contributed by atoms with Crippen molar-refractivity contribution in [1.29, 1.82) is 0 Å². The number of hydrogen-bond donors (Lipinski definition) is 1. The van der Waals surface area contributed by atoms with Gasteiger partial charge in [-0.3, -0.25) is 0 Å². The number of para-hydroxylation sites is 1. The van der Waals surface area contributed by atoms with Crippen LogP contribution in [-0.4, -0.2) is 17.6 Å². The normalized spacial score (nSPS) is 21.1. The average Bonchev–Trinajstić information content (AvgIpc) is 2.39. The van der Waals surface area contributed by atoms with Gasteiger partial charge in [0.1, 0.15) is 5.75 Å². The Kier molecular flexibility index (Phi) is 4.40. The number of ether oxygens (including phenoxy) is 1. The molecular formula is C15H20F2O2. The summed E-state index contributed by atoms with van der Waals surface area (Å²) < 4.78 is 31.8. The van der Waals surface area contributed by atoms with Gasteiger partial charge in [0.15, 0.2) is 0 Å². The second kappa shape index (κ2) is 5.87. The van der Waals surface area contributed by atoms with E-state index < -0.39 is 12.0 Å². The fraction of sp³-hybridized carbons (Fsp3) is 0.600. The second-order valence-corrected chi connectivity index (χ2v) is 5.11. The van der Waals surface area contributed by atoms with Crippen molar-refractivity contribution in [1.82, 2.24) is 0 Å². The Labute approximate surface area is 112 Å². The van der Waals surface area contributed by atoms with E-state index in [1.807, 2.05) is 25.1 Å². The third-order valence-electron chi connectivity index (χ3n) is 3.75. The Balaban J connectivity index is 2.09. The van der Waals surface area contributed by atoms with E-state index in [4.69, 9.17) is 4.74 Å². The lowest BCUT2D eigenvalue weighted by Gasteiger charge is -2.31. The third-order valence-corrected chi connectivity index (χ3v) is 3.75. The maximum Gasteiger partial charge on any atom is 0.248 e. The van der Waals surface area contributed by atoms with E-state index in [2.05, 4.69) is 0 Å². The Morgan fingerprint density at radius 3 is 2.58 bits per heavy atom. The molecule has 0 aliphatic heterocycles. The highest BCUT2D eigenvalue weighted by Gasteiger charge is 2.38. The van der Waals surface area contributed by atoms with E-state index in [0.29, 0.717) is 30.8 Å². The van der Waals surface area contributed by atoms with Gasteiger partial charge in [-0.1, -0.05) is 18.2 Å². The van der Waals surface area contributed by atoms with Crippen LogP contribution in [0.1, 0.15) is 44.3 Å². The van der Waals surface area contributed by atoms with Crippen LogP contribution < -0.4 is 4.74 Å².